The van der Waals surface area contributed by atoms with Crippen LogP contribution in [0.15, 0.2) is 66.7 Å². The normalized spacial score (nSPS) is 11.5. The Bertz CT molecular complexity index is 934. The second-order valence-electron chi connectivity index (χ2n) is 5.75. The van der Waals surface area contributed by atoms with Crippen molar-refractivity contribution in [2.75, 3.05) is 6.54 Å². The summed E-state index contributed by atoms with van der Waals surface area (Å²) in [5.74, 6) is 0. The molecule has 108 valence electrons. The first-order chi connectivity index (χ1) is 10.9. The van der Waals surface area contributed by atoms with E-state index in [-0.39, 0.29) is 0 Å². The van der Waals surface area contributed by atoms with Crippen LogP contribution in [0.4, 0.5) is 0 Å². The van der Waals surface area contributed by atoms with Crippen LogP contribution < -0.4 is 5.32 Å². The van der Waals surface area contributed by atoms with E-state index in [0.29, 0.717) is 0 Å². The fourth-order valence-corrected chi connectivity index (χ4v) is 3.33. The van der Waals surface area contributed by atoms with Crippen molar-refractivity contribution in [2.24, 2.45) is 0 Å². The molecule has 0 atom stereocenters. The second kappa shape index (κ2) is 5.43. The van der Waals surface area contributed by atoms with Gasteiger partial charge in [0.25, 0.3) is 0 Å². The van der Waals surface area contributed by atoms with Crippen molar-refractivity contribution < 1.29 is 0 Å². The van der Waals surface area contributed by atoms with Crippen LogP contribution >= 0.6 is 0 Å². The van der Waals surface area contributed by atoms with Crippen LogP contribution in [-0.2, 0) is 6.54 Å². The molecule has 0 aromatic heterocycles. The summed E-state index contributed by atoms with van der Waals surface area (Å²) in [7, 11) is 0. The van der Waals surface area contributed by atoms with E-state index >= 15 is 0 Å². The number of fused-ring (bicyclic) bond motifs is 6. The molecule has 0 spiro atoms. The highest BCUT2D eigenvalue weighted by atomic mass is 14.8. The third-order valence-corrected chi connectivity index (χ3v) is 4.39. The molecule has 1 N–H and O–H groups in total. The van der Waals surface area contributed by atoms with Crippen molar-refractivity contribution in [3.05, 3.63) is 72.3 Å². The highest BCUT2D eigenvalue weighted by molar-refractivity contribution is 6.25. The van der Waals surface area contributed by atoms with Gasteiger partial charge in [-0.3, -0.25) is 0 Å². The average molecular weight is 285 g/mol. The van der Waals surface area contributed by atoms with E-state index < -0.39 is 0 Å². The quantitative estimate of drug-likeness (QED) is 0.506. The zero-order valence-corrected chi connectivity index (χ0v) is 12.8. The van der Waals surface area contributed by atoms with Gasteiger partial charge in [-0.15, -0.1) is 0 Å². The van der Waals surface area contributed by atoms with Crippen molar-refractivity contribution >= 4 is 32.3 Å². The van der Waals surface area contributed by atoms with E-state index in [1.54, 1.807) is 0 Å². The molecule has 1 nitrogen and oxygen atoms in total. The van der Waals surface area contributed by atoms with Crippen molar-refractivity contribution in [3.8, 4) is 0 Å². The highest BCUT2D eigenvalue weighted by Gasteiger charge is 2.08. The average Bonchev–Trinajstić information content (AvgIpc) is 2.60. The topological polar surface area (TPSA) is 12.0 Å². The van der Waals surface area contributed by atoms with Crippen LogP contribution in [0.1, 0.15) is 12.5 Å². The molecule has 0 aliphatic heterocycles. The molecule has 0 radical (unpaired) electrons. The smallest absolute Gasteiger partial charge is 0.0205 e. The molecule has 0 fully saturated rings. The van der Waals surface area contributed by atoms with Crippen LogP contribution in [0.3, 0.4) is 0 Å². The zero-order chi connectivity index (χ0) is 14.9. The molecule has 0 aliphatic rings. The zero-order valence-electron chi connectivity index (χ0n) is 12.8. The summed E-state index contributed by atoms with van der Waals surface area (Å²) in [5.41, 5.74) is 1.34. The molecule has 0 heterocycles. The van der Waals surface area contributed by atoms with E-state index in [2.05, 4.69) is 79.0 Å². The maximum Gasteiger partial charge on any atom is 0.0205 e. The van der Waals surface area contributed by atoms with Gasteiger partial charge in [0.15, 0.2) is 0 Å². The molecule has 4 aromatic carbocycles. The summed E-state index contributed by atoms with van der Waals surface area (Å²) < 4.78 is 0. The molecule has 0 saturated heterocycles. The predicted molar refractivity (Wildman–Crippen MR) is 96.3 cm³/mol. The number of rotatable bonds is 3. The van der Waals surface area contributed by atoms with Crippen molar-refractivity contribution in [3.63, 3.8) is 0 Å². The largest absolute Gasteiger partial charge is 0.313 e. The first-order valence-electron chi connectivity index (χ1n) is 7.91. The summed E-state index contributed by atoms with van der Waals surface area (Å²) in [4.78, 5) is 0. The molecule has 0 saturated carbocycles. The number of hydrogen-bond acceptors (Lipinski definition) is 1. The number of benzene rings is 4. The van der Waals surface area contributed by atoms with Crippen molar-refractivity contribution in [1.82, 2.24) is 5.32 Å². The van der Waals surface area contributed by atoms with Gasteiger partial charge in [0.1, 0.15) is 0 Å². The lowest BCUT2D eigenvalue weighted by molar-refractivity contribution is 0.727. The maximum atomic E-state index is 3.41. The van der Waals surface area contributed by atoms with E-state index in [0.717, 1.165) is 13.1 Å². The molecule has 4 aromatic rings. The molecule has 1 heteroatoms. The first-order valence-corrected chi connectivity index (χ1v) is 7.91. The van der Waals surface area contributed by atoms with Crippen LogP contribution in [0.25, 0.3) is 32.3 Å². The Balaban J connectivity index is 2.12. The Labute approximate surface area is 130 Å². The molecule has 0 bridgehead atoms. The SMILES string of the molecule is CCNCc1ccc2c3ccccc3c3ccccc3c2c1. The van der Waals surface area contributed by atoms with Gasteiger partial charge in [-0.1, -0.05) is 67.6 Å². The van der Waals surface area contributed by atoms with E-state index in [1.807, 2.05) is 0 Å². The van der Waals surface area contributed by atoms with Gasteiger partial charge in [0.05, 0.1) is 0 Å². The molecule has 0 amide bonds. The van der Waals surface area contributed by atoms with Gasteiger partial charge >= 0.3 is 0 Å². The van der Waals surface area contributed by atoms with Gasteiger partial charge in [-0.2, -0.15) is 0 Å². The lowest BCUT2D eigenvalue weighted by atomic mass is 9.93. The molecule has 0 unspecified atom stereocenters. The lowest BCUT2D eigenvalue weighted by Crippen LogP contribution is -2.11. The van der Waals surface area contributed by atoms with Gasteiger partial charge in [0, 0.05) is 6.54 Å². The molecular weight excluding hydrogens is 266 g/mol. The Morgan fingerprint density at radius 1 is 0.636 bits per heavy atom. The van der Waals surface area contributed by atoms with Gasteiger partial charge in [-0.25, -0.2) is 0 Å². The number of nitrogens with one attached hydrogen (secondary N) is 1. The van der Waals surface area contributed by atoms with Gasteiger partial charge in [-0.05, 0) is 50.5 Å². The Morgan fingerprint density at radius 2 is 1.14 bits per heavy atom. The summed E-state index contributed by atoms with van der Waals surface area (Å²) in [6.45, 7) is 4.06. The van der Waals surface area contributed by atoms with Crippen LogP contribution in [0, 0.1) is 0 Å². The molecule has 4 rings (SSSR count). The third-order valence-electron chi connectivity index (χ3n) is 4.39. The molecule has 0 aliphatic carbocycles. The van der Waals surface area contributed by atoms with Gasteiger partial charge < -0.3 is 5.32 Å². The fourth-order valence-electron chi connectivity index (χ4n) is 3.33. The Kier molecular flexibility index (Phi) is 3.28. The Morgan fingerprint density at radius 3 is 1.68 bits per heavy atom. The number of hydrogen-bond donors (Lipinski definition) is 1. The van der Waals surface area contributed by atoms with E-state index in [1.165, 1.54) is 37.9 Å². The monoisotopic (exact) mass is 285 g/mol. The lowest BCUT2D eigenvalue weighted by Gasteiger charge is -2.12. The van der Waals surface area contributed by atoms with Crippen LogP contribution in [0.2, 0.25) is 0 Å². The standard InChI is InChI=1S/C21H19N/c1-2-22-14-15-11-12-20-18-9-4-3-7-16(18)17-8-5-6-10-19(17)21(20)13-15/h3-13,22H,2,14H2,1H3. The predicted octanol–water partition coefficient (Wildman–Crippen LogP) is 5.26. The van der Waals surface area contributed by atoms with Crippen LogP contribution in [0.5, 0.6) is 0 Å². The highest BCUT2D eigenvalue weighted by Crippen LogP contribution is 2.35. The van der Waals surface area contributed by atoms with Crippen molar-refractivity contribution in [1.29, 1.82) is 0 Å². The minimum Gasteiger partial charge on any atom is -0.313 e. The maximum absolute atomic E-state index is 3.41. The summed E-state index contributed by atoms with van der Waals surface area (Å²) in [5, 5.41) is 11.5. The Hall–Kier alpha value is -2.38. The first kappa shape index (κ1) is 13.3. The van der Waals surface area contributed by atoms with E-state index in [9.17, 15) is 0 Å². The fraction of sp³-hybridized carbons (Fsp3) is 0.143. The summed E-state index contributed by atoms with van der Waals surface area (Å²) >= 11 is 0. The molecule has 22 heavy (non-hydrogen) atoms. The second-order valence-corrected chi connectivity index (χ2v) is 5.75. The van der Waals surface area contributed by atoms with Crippen LogP contribution in [-0.4, -0.2) is 6.54 Å². The van der Waals surface area contributed by atoms with Gasteiger partial charge in [0.2, 0.25) is 0 Å². The minimum absolute atomic E-state index is 0.924. The van der Waals surface area contributed by atoms with Crippen molar-refractivity contribution in [2.45, 2.75) is 13.5 Å². The molecular formula is C21H19N. The summed E-state index contributed by atoms with van der Waals surface area (Å²) in [6, 6.07) is 24.3. The minimum atomic E-state index is 0.924. The third kappa shape index (κ3) is 2.06. The summed E-state index contributed by atoms with van der Waals surface area (Å²) in [6.07, 6.45) is 0. The van der Waals surface area contributed by atoms with E-state index in [4.69, 9.17) is 0 Å².